The molecule has 2 saturated heterocycles. The maximum Gasteiger partial charge on any atom is 0.260 e. The molecule has 0 aromatic carbocycles. The van der Waals surface area contributed by atoms with E-state index in [-0.39, 0.29) is 13.0 Å². The molecule has 88 valence electrons. The fourth-order valence-electron chi connectivity index (χ4n) is 2.30. The van der Waals surface area contributed by atoms with Crippen LogP contribution >= 0.6 is 0 Å². The zero-order chi connectivity index (χ0) is 10.7. The zero-order valence-electron chi connectivity index (χ0n) is 9.01. The van der Waals surface area contributed by atoms with E-state index < -0.39 is 5.92 Å². The second kappa shape index (κ2) is 4.72. The Kier molecular flexibility index (Phi) is 3.53. The van der Waals surface area contributed by atoms with Crippen molar-refractivity contribution in [3.63, 3.8) is 0 Å². The van der Waals surface area contributed by atoms with E-state index in [4.69, 9.17) is 0 Å². The van der Waals surface area contributed by atoms with E-state index in [1.807, 2.05) is 4.90 Å². The van der Waals surface area contributed by atoms with Crippen molar-refractivity contribution in [1.82, 2.24) is 15.1 Å². The molecule has 2 rings (SSSR count). The average Bonchev–Trinajstić information content (AvgIpc) is 2.17. The van der Waals surface area contributed by atoms with Gasteiger partial charge in [-0.2, -0.15) is 0 Å². The van der Waals surface area contributed by atoms with Crippen LogP contribution in [0.5, 0.6) is 0 Å². The number of likely N-dealkylation sites (tertiary alicyclic amines) is 1. The summed E-state index contributed by atoms with van der Waals surface area (Å²) in [5.74, 6) is -2.47. The van der Waals surface area contributed by atoms with Crippen molar-refractivity contribution < 1.29 is 8.78 Å². The van der Waals surface area contributed by atoms with Gasteiger partial charge < -0.3 is 5.32 Å². The number of piperazine rings is 1. The highest BCUT2D eigenvalue weighted by atomic mass is 19.3. The minimum absolute atomic E-state index is 0.0586. The molecule has 2 fully saturated rings. The second-order valence-corrected chi connectivity index (χ2v) is 4.52. The standard InChI is InChI=1S/C10H19F2N3/c11-10(12)2-1-5-15(8-10)9-14-6-3-13-4-7-14/h13H,1-9H2. The molecule has 0 unspecified atom stereocenters. The lowest BCUT2D eigenvalue weighted by Gasteiger charge is -2.37. The van der Waals surface area contributed by atoms with Gasteiger partial charge in [0.2, 0.25) is 0 Å². The molecule has 0 aliphatic carbocycles. The molecule has 2 heterocycles. The minimum atomic E-state index is -2.47. The Morgan fingerprint density at radius 3 is 2.47 bits per heavy atom. The highest BCUT2D eigenvalue weighted by molar-refractivity contribution is 4.79. The molecule has 0 bridgehead atoms. The lowest BCUT2D eigenvalue weighted by molar-refractivity contribution is -0.0761. The molecule has 0 radical (unpaired) electrons. The highest BCUT2D eigenvalue weighted by Crippen LogP contribution is 2.26. The monoisotopic (exact) mass is 219 g/mol. The summed E-state index contributed by atoms with van der Waals surface area (Å²) in [6.45, 7) is 5.37. The molecule has 3 nitrogen and oxygen atoms in total. The summed E-state index contributed by atoms with van der Waals surface area (Å²) < 4.78 is 26.3. The highest BCUT2D eigenvalue weighted by Gasteiger charge is 2.35. The topological polar surface area (TPSA) is 18.5 Å². The van der Waals surface area contributed by atoms with Crippen molar-refractivity contribution >= 4 is 0 Å². The lowest BCUT2D eigenvalue weighted by atomic mass is 10.1. The van der Waals surface area contributed by atoms with Gasteiger partial charge in [-0.25, -0.2) is 8.78 Å². The Morgan fingerprint density at radius 1 is 1.07 bits per heavy atom. The largest absolute Gasteiger partial charge is 0.314 e. The van der Waals surface area contributed by atoms with Crippen molar-refractivity contribution in [2.45, 2.75) is 18.8 Å². The fraction of sp³-hybridized carbons (Fsp3) is 1.00. The number of rotatable bonds is 2. The van der Waals surface area contributed by atoms with Crippen LogP contribution < -0.4 is 5.32 Å². The van der Waals surface area contributed by atoms with Crippen LogP contribution in [0.3, 0.4) is 0 Å². The van der Waals surface area contributed by atoms with E-state index in [1.165, 1.54) is 0 Å². The Bertz CT molecular complexity index is 205. The predicted octanol–water partition coefficient (Wildman–Crippen LogP) is 0.580. The molecule has 0 amide bonds. The van der Waals surface area contributed by atoms with Crippen LogP contribution in [0.15, 0.2) is 0 Å². The summed E-state index contributed by atoms with van der Waals surface area (Å²) in [7, 11) is 0. The fourth-order valence-corrected chi connectivity index (χ4v) is 2.30. The quantitative estimate of drug-likeness (QED) is 0.733. The summed E-state index contributed by atoms with van der Waals surface area (Å²) >= 11 is 0. The van der Waals surface area contributed by atoms with E-state index in [0.717, 1.165) is 32.7 Å². The molecule has 2 aliphatic heterocycles. The first-order valence-electron chi connectivity index (χ1n) is 5.69. The molecule has 15 heavy (non-hydrogen) atoms. The number of nitrogens with zero attached hydrogens (tertiary/aromatic N) is 2. The van der Waals surface area contributed by atoms with E-state index in [1.54, 1.807) is 0 Å². The SMILES string of the molecule is FC1(F)CCCN(CN2CCNCC2)C1. The van der Waals surface area contributed by atoms with E-state index in [9.17, 15) is 8.78 Å². The molecular formula is C10H19F2N3. The van der Waals surface area contributed by atoms with Crippen molar-refractivity contribution in [1.29, 1.82) is 0 Å². The molecule has 1 N–H and O–H groups in total. The van der Waals surface area contributed by atoms with E-state index >= 15 is 0 Å². The summed E-state index contributed by atoms with van der Waals surface area (Å²) in [5.41, 5.74) is 0. The smallest absolute Gasteiger partial charge is 0.260 e. The molecule has 0 aromatic rings. The third kappa shape index (κ3) is 3.36. The van der Waals surface area contributed by atoms with Gasteiger partial charge in [-0.3, -0.25) is 9.80 Å². The van der Waals surface area contributed by atoms with Crippen molar-refractivity contribution in [3.8, 4) is 0 Å². The first-order valence-corrected chi connectivity index (χ1v) is 5.69. The Morgan fingerprint density at radius 2 is 1.80 bits per heavy atom. The summed E-state index contributed by atoms with van der Waals surface area (Å²) in [5, 5.41) is 3.26. The number of halogens is 2. The third-order valence-electron chi connectivity index (χ3n) is 3.08. The van der Waals surface area contributed by atoms with Crippen LogP contribution in [-0.2, 0) is 0 Å². The first-order chi connectivity index (χ1) is 7.16. The number of piperidine rings is 1. The molecule has 5 heteroatoms. The van der Waals surface area contributed by atoms with Crippen LogP contribution in [0, 0.1) is 0 Å². The van der Waals surface area contributed by atoms with E-state index in [0.29, 0.717) is 13.1 Å². The van der Waals surface area contributed by atoms with Gasteiger partial charge in [-0.1, -0.05) is 0 Å². The van der Waals surface area contributed by atoms with Gasteiger partial charge in [0.1, 0.15) is 0 Å². The minimum Gasteiger partial charge on any atom is -0.314 e. The van der Waals surface area contributed by atoms with Gasteiger partial charge in [0.05, 0.1) is 13.2 Å². The van der Waals surface area contributed by atoms with Crippen LogP contribution in [0.25, 0.3) is 0 Å². The Labute approximate surface area is 89.4 Å². The molecule has 0 saturated carbocycles. The van der Waals surface area contributed by atoms with Crippen LogP contribution in [0.4, 0.5) is 8.78 Å². The van der Waals surface area contributed by atoms with Crippen molar-refractivity contribution in [2.24, 2.45) is 0 Å². The van der Waals surface area contributed by atoms with Gasteiger partial charge in [0, 0.05) is 32.6 Å². The predicted molar refractivity (Wildman–Crippen MR) is 55.1 cm³/mol. The molecular weight excluding hydrogens is 200 g/mol. The van der Waals surface area contributed by atoms with Crippen LogP contribution in [0.2, 0.25) is 0 Å². The molecule has 0 atom stereocenters. The number of hydrogen-bond acceptors (Lipinski definition) is 3. The van der Waals surface area contributed by atoms with Gasteiger partial charge in [-0.15, -0.1) is 0 Å². The molecule has 0 aromatic heterocycles. The first kappa shape index (κ1) is 11.2. The summed E-state index contributed by atoms with van der Waals surface area (Å²) in [6.07, 6.45) is 0.685. The Balaban J connectivity index is 1.78. The number of nitrogens with one attached hydrogen (secondary N) is 1. The second-order valence-electron chi connectivity index (χ2n) is 4.52. The van der Waals surface area contributed by atoms with Gasteiger partial charge in [0.15, 0.2) is 0 Å². The maximum atomic E-state index is 13.1. The summed E-state index contributed by atoms with van der Waals surface area (Å²) in [4.78, 5) is 4.13. The van der Waals surface area contributed by atoms with Crippen LogP contribution in [0.1, 0.15) is 12.8 Å². The van der Waals surface area contributed by atoms with Crippen molar-refractivity contribution in [2.75, 3.05) is 45.9 Å². The van der Waals surface area contributed by atoms with Crippen molar-refractivity contribution in [3.05, 3.63) is 0 Å². The zero-order valence-corrected chi connectivity index (χ0v) is 9.01. The maximum absolute atomic E-state index is 13.1. The van der Waals surface area contributed by atoms with Gasteiger partial charge in [-0.05, 0) is 13.0 Å². The number of hydrogen-bond donors (Lipinski definition) is 1. The van der Waals surface area contributed by atoms with E-state index in [2.05, 4.69) is 10.2 Å². The van der Waals surface area contributed by atoms with Gasteiger partial charge >= 0.3 is 0 Å². The third-order valence-corrected chi connectivity index (χ3v) is 3.08. The summed E-state index contributed by atoms with van der Waals surface area (Å²) in [6, 6.07) is 0. The average molecular weight is 219 g/mol. The number of alkyl halides is 2. The van der Waals surface area contributed by atoms with Crippen LogP contribution in [-0.4, -0.2) is 61.7 Å². The molecule has 2 aliphatic rings. The molecule has 0 spiro atoms. The Hall–Kier alpha value is -0.260. The van der Waals surface area contributed by atoms with Gasteiger partial charge in [0.25, 0.3) is 5.92 Å². The lowest BCUT2D eigenvalue weighted by Crippen LogP contribution is -2.52. The normalized spacial score (nSPS) is 29.2.